The molecule has 0 spiro atoms. The van der Waals surface area contributed by atoms with Gasteiger partial charge in [0.05, 0.1) is 0 Å². The summed E-state index contributed by atoms with van der Waals surface area (Å²) < 4.78 is -0.156. The van der Waals surface area contributed by atoms with Crippen LogP contribution in [0.3, 0.4) is 0 Å². The Kier molecular flexibility index (Phi) is 2.21. The van der Waals surface area contributed by atoms with Crippen molar-refractivity contribution in [1.29, 1.82) is 10.5 Å². The van der Waals surface area contributed by atoms with E-state index in [2.05, 4.69) is 17.9 Å². The van der Waals surface area contributed by atoms with Crippen LogP contribution in [0.2, 0.25) is 10.1 Å². The molecule has 1 saturated carbocycles. The van der Waals surface area contributed by atoms with Gasteiger partial charge < -0.3 is 0 Å². The second-order valence-electron chi connectivity index (χ2n) is 2.34. The Labute approximate surface area is 72.4 Å². The van der Waals surface area contributed by atoms with Crippen molar-refractivity contribution in [1.82, 2.24) is 0 Å². The van der Waals surface area contributed by atoms with E-state index in [1.165, 1.54) is 0 Å². The van der Waals surface area contributed by atoms with E-state index in [1.54, 1.807) is 6.07 Å². The molecule has 2 nitrogen and oxygen atoms in total. The molecule has 0 amide bonds. The second kappa shape index (κ2) is 2.98. The third-order valence-corrected chi connectivity index (χ3v) is 4.43. The molecule has 1 aliphatic carbocycles. The summed E-state index contributed by atoms with van der Waals surface area (Å²) in [7, 11) is 0. The van der Waals surface area contributed by atoms with Crippen molar-refractivity contribution in [2.24, 2.45) is 5.92 Å². The Morgan fingerprint density at radius 1 is 1.55 bits per heavy atom. The molecule has 1 fully saturated rings. The fourth-order valence-corrected chi connectivity index (χ4v) is 2.54. The molecule has 1 rings (SSSR count). The van der Waals surface area contributed by atoms with E-state index in [1.807, 2.05) is 5.82 Å². The van der Waals surface area contributed by atoms with E-state index in [9.17, 15) is 0 Å². The SMILES string of the molecule is C[Se]C1(C#N)CC1C#CC#N. The monoisotopic (exact) mass is 210 g/mol. The molecule has 0 heterocycles. The predicted molar refractivity (Wildman–Crippen MR) is 41.4 cm³/mol. The third kappa shape index (κ3) is 1.38. The molecule has 3 heteroatoms. The number of nitrogens with zero attached hydrogens (tertiary/aromatic N) is 2. The number of rotatable bonds is 1. The minimum atomic E-state index is -0.156. The maximum absolute atomic E-state index is 8.74. The van der Waals surface area contributed by atoms with Crippen molar-refractivity contribution < 1.29 is 0 Å². The van der Waals surface area contributed by atoms with Crippen molar-refractivity contribution in [3.05, 3.63) is 0 Å². The van der Waals surface area contributed by atoms with Gasteiger partial charge in [-0.3, -0.25) is 0 Å². The van der Waals surface area contributed by atoms with E-state index in [0.717, 1.165) is 6.42 Å². The summed E-state index contributed by atoms with van der Waals surface area (Å²) in [5, 5.41) is 16.9. The molecule has 0 aromatic rings. The van der Waals surface area contributed by atoms with E-state index < -0.39 is 0 Å². The average molecular weight is 209 g/mol. The Morgan fingerprint density at radius 2 is 2.27 bits per heavy atom. The van der Waals surface area contributed by atoms with Crippen LogP contribution in [0.5, 0.6) is 0 Å². The summed E-state index contributed by atoms with van der Waals surface area (Å²) in [5.74, 6) is 7.35. The van der Waals surface area contributed by atoms with Gasteiger partial charge in [0.1, 0.15) is 0 Å². The molecule has 0 aromatic carbocycles. The van der Waals surface area contributed by atoms with Crippen molar-refractivity contribution in [3.63, 3.8) is 0 Å². The first-order valence-corrected chi connectivity index (χ1v) is 5.72. The maximum atomic E-state index is 8.74. The molecule has 0 aromatic heterocycles. The Bertz CT molecular complexity index is 299. The summed E-state index contributed by atoms with van der Waals surface area (Å²) >= 11 is 0.330. The van der Waals surface area contributed by atoms with Crippen LogP contribution in [0.1, 0.15) is 6.42 Å². The predicted octanol–water partition coefficient (Wildman–Crippen LogP) is 0.968. The summed E-state index contributed by atoms with van der Waals surface area (Å²) in [5.41, 5.74) is 0. The van der Waals surface area contributed by atoms with Gasteiger partial charge in [0.25, 0.3) is 0 Å². The van der Waals surface area contributed by atoms with E-state index in [0.29, 0.717) is 15.0 Å². The topological polar surface area (TPSA) is 47.6 Å². The average Bonchev–Trinajstić information content (AvgIpc) is 2.76. The van der Waals surface area contributed by atoms with Gasteiger partial charge in [-0.25, -0.2) is 0 Å². The third-order valence-electron chi connectivity index (χ3n) is 1.77. The van der Waals surface area contributed by atoms with Gasteiger partial charge in [-0.15, -0.1) is 0 Å². The zero-order valence-electron chi connectivity index (χ0n) is 6.09. The summed E-state index contributed by atoms with van der Waals surface area (Å²) in [6.45, 7) is 0. The molecule has 0 bridgehead atoms. The van der Waals surface area contributed by atoms with Crippen molar-refractivity contribution in [2.45, 2.75) is 16.6 Å². The van der Waals surface area contributed by atoms with Crippen LogP contribution < -0.4 is 0 Å². The zero-order chi connectivity index (χ0) is 8.32. The molecule has 1 aliphatic rings. The molecule has 54 valence electrons. The summed E-state index contributed by atoms with van der Waals surface area (Å²) in [6, 6.07) is 4.04. The van der Waals surface area contributed by atoms with Gasteiger partial charge in [-0.1, -0.05) is 0 Å². The van der Waals surface area contributed by atoms with E-state index in [-0.39, 0.29) is 10.2 Å². The van der Waals surface area contributed by atoms with Crippen LogP contribution in [-0.4, -0.2) is 15.0 Å². The van der Waals surface area contributed by atoms with Gasteiger partial charge in [-0.2, -0.15) is 0 Å². The summed E-state index contributed by atoms with van der Waals surface area (Å²) in [4.78, 5) is 0. The normalized spacial score (nSPS) is 32.5. The van der Waals surface area contributed by atoms with Crippen LogP contribution in [-0.2, 0) is 0 Å². The fourth-order valence-electron chi connectivity index (χ4n) is 0.926. The molecular weight excluding hydrogens is 203 g/mol. The van der Waals surface area contributed by atoms with E-state index >= 15 is 0 Å². The van der Waals surface area contributed by atoms with Crippen molar-refractivity contribution >= 4 is 15.0 Å². The molecule has 11 heavy (non-hydrogen) atoms. The molecule has 0 radical (unpaired) electrons. The number of hydrogen-bond donors (Lipinski definition) is 0. The Balaban J connectivity index is 2.62. The fraction of sp³-hybridized carbons (Fsp3) is 0.500. The second-order valence-corrected chi connectivity index (χ2v) is 4.73. The standard InChI is InChI=1S/C8H6N2Se/c1-11-8(6-10)5-7(8)3-2-4-9/h7H,5H2,1H3. The summed E-state index contributed by atoms with van der Waals surface area (Å²) in [6.07, 6.45) is 0.870. The Hall–Kier alpha value is -0.941. The molecule has 0 saturated heterocycles. The van der Waals surface area contributed by atoms with Crippen molar-refractivity contribution in [2.75, 3.05) is 0 Å². The molecular formula is C8H6N2Se. The molecule has 0 aliphatic heterocycles. The first-order valence-electron chi connectivity index (χ1n) is 3.15. The molecule has 0 N–H and O–H groups in total. The Morgan fingerprint density at radius 3 is 2.64 bits per heavy atom. The van der Waals surface area contributed by atoms with Crippen molar-refractivity contribution in [3.8, 4) is 24.0 Å². The quantitative estimate of drug-likeness (QED) is 0.477. The zero-order valence-corrected chi connectivity index (χ0v) is 7.80. The van der Waals surface area contributed by atoms with E-state index in [4.69, 9.17) is 10.5 Å². The van der Waals surface area contributed by atoms with Crippen LogP contribution in [0.15, 0.2) is 0 Å². The number of nitriles is 2. The molecule has 2 atom stereocenters. The van der Waals surface area contributed by atoms with Gasteiger partial charge in [0.2, 0.25) is 0 Å². The van der Waals surface area contributed by atoms with Gasteiger partial charge in [-0.05, 0) is 0 Å². The first-order chi connectivity index (χ1) is 5.29. The number of hydrogen-bond acceptors (Lipinski definition) is 2. The van der Waals surface area contributed by atoms with Crippen LogP contribution in [0.25, 0.3) is 0 Å². The van der Waals surface area contributed by atoms with Gasteiger partial charge >= 0.3 is 71.9 Å². The van der Waals surface area contributed by atoms with Crippen LogP contribution >= 0.6 is 0 Å². The van der Waals surface area contributed by atoms with Crippen LogP contribution in [0.4, 0.5) is 0 Å². The van der Waals surface area contributed by atoms with Gasteiger partial charge in [0.15, 0.2) is 0 Å². The molecule has 2 unspecified atom stereocenters. The first kappa shape index (κ1) is 8.16. The van der Waals surface area contributed by atoms with Gasteiger partial charge in [0, 0.05) is 0 Å². The minimum absolute atomic E-state index is 0.156. The van der Waals surface area contributed by atoms with Crippen LogP contribution in [0, 0.1) is 40.4 Å².